The van der Waals surface area contributed by atoms with Crippen molar-refractivity contribution in [2.24, 2.45) is 0 Å². The van der Waals surface area contributed by atoms with Crippen molar-refractivity contribution in [1.82, 2.24) is 0 Å². The smallest absolute Gasteiger partial charge is 0.181 e. The minimum Gasteiger partial charge on any atom is -0.494 e. The number of methoxy groups -OCH3 is 1. The molecule has 2 aliphatic rings. The van der Waals surface area contributed by atoms with E-state index in [0.717, 1.165) is 72.2 Å². The molecule has 15 heteroatoms. The van der Waals surface area contributed by atoms with Crippen LogP contribution in [0.25, 0.3) is 0 Å². The van der Waals surface area contributed by atoms with Crippen LogP contribution in [0.3, 0.4) is 0 Å². The van der Waals surface area contributed by atoms with Gasteiger partial charge in [0.1, 0.15) is 23.9 Å². The Balaban J connectivity index is 0.000000132. The monoisotopic (exact) mass is 1760 g/mol. The zero-order valence-corrected chi connectivity index (χ0v) is 75.6. The molecule has 0 atom stereocenters. The standard InChI is InChI=1S/C23H23O2S2.C23H23OS.C22H23OS.C21H21O2S.C19H17O2S2/c24-27(25,22-13-7-8-14-22)23-17-15-21(16-18-23)26(19-9-3-1-4-10-19)20-11-5-2-6-12-20;1-3-11-21(12-4-1)25(22-13-5-2-6-14-22)23-17-15-20(16-18-23)24-19-9-7-8-10-19;1-2-3-18-23-19-14-16-22(17-15-19)24(20-10-6-4-7-11-20)21-12-8-5-9-13-21;1-22-16-17-23-18-12-14-21(15-13-18)24(19-8-4-2-5-9-19)20-10-6-3-7-11-20;1-23(20,21)19-14-12-18(13-15-19)22(16-8-4-2-5-9-16)17-10-6-3-7-11-17/h1-6,9-12,15-18,22H,7-8,13-14H2;1-6,11-19H,7-10H2;4-17H,2-3,18H2,1H3;2-15H,16-17H2,1H3;2-15H,1H3/q5*+1. The molecule has 0 radical (unpaired) electrons. The number of benzene rings is 15. The van der Waals surface area contributed by atoms with E-state index in [9.17, 15) is 16.8 Å². The van der Waals surface area contributed by atoms with Crippen molar-refractivity contribution in [3.8, 4) is 17.2 Å². The molecule has 624 valence electrons. The van der Waals surface area contributed by atoms with Gasteiger partial charge in [0.25, 0.3) is 0 Å². The summed E-state index contributed by atoms with van der Waals surface area (Å²) in [6, 6.07) is 146. The highest BCUT2D eigenvalue weighted by molar-refractivity contribution is 7.98. The van der Waals surface area contributed by atoms with E-state index in [2.05, 4.69) is 322 Å². The fraction of sp³-hybridized carbons (Fsp3) is 0.167. The predicted molar refractivity (Wildman–Crippen MR) is 511 cm³/mol. The minimum absolute atomic E-state index is 0.0824. The molecule has 0 saturated heterocycles. The van der Waals surface area contributed by atoms with Crippen LogP contribution in [0.2, 0.25) is 0 Å². The van der Waals surface area contributed by atoms with Gasteiger partial charge >= 0.3 is 0 Å². The SMILES string of the molecule is CCCCOc1ccc([S+](c2ccccc2)c2ccccc2)cc1.COCCOc1ccc([S+](c2ccccc2)c2ccccc2)cc1.CS(=O)(=O)c1ccc([S+](c2ccccc2)c2ccccc2)cc1.O=S(=O)(c1ccc([S+](c2ccccc2)c2ccccc2)cc1)C1CCCC1.c1ccc([S+](c2ccccc2)c2ccc(OC3CCCC3)cc2)cc1. The maximum atomic E-state index is 12.9. The van der Waals surface area contributed by atoms with E-state index < -0.39 is 19.7 Å². The quantitative estimate of drug-likeness (QED) is 0.0353. The van der Waals surface area contributed by atoms with Gasteiger partial charge in [0.2, 0.25) is 0 Å². The molecule has 8 nitrogen and oxygen atoms in total. The first-order valence-corrected chi connectivity index (χ1v) is 51.5. The summed E-state index contributed by atoms with van der Waals surface area (Å²) in [7, 11) is -5.47. The summed E-state index contributed by atoms with van der Waals surface area (Å²) in [5, 5.41) is -0.204. The summed E-state index contributed by atoms with van der Waals surface area (Å²) < 4.78 is 71.6. The van der Waals surface area contributed by atoms with E-state index in [4.69, 9.17) is 18.9 Å². The summed E-state index contributed by atoms with van der Waals surface area (Å²) in [4.78, 5) is 19.9. The van der Waals surface area contributed by atoms with Gasteiger partial charge in [0.15, 0.2) is 93.1 Å². The second kappa shape index (κ2) is 47.2. The van der Waals surface area contributed by atoms with Crippen molar-refractivity contribution in [1.29, 1.82) is 0 Å². The lowest BCUT2D eigenvalue weighted by Crippen LogP contribution is -2.17. The number of sulfone groups is 2. The maximum Gasteiger partial charge on any atom is 0.181 e. The van der Waals surface area contributed by atoms with Crippen LogP contribution in [-0.2, 0) is 78.9 Å². The molecule has 0 aromatic heterocycles. The van der Waals surface area contributed by atoms with Crippen LogP contribution in [0.5, 0.6) is 17.2 Å². The Morgan fingerprint density at radius 2 is 0.480 bits per heavy atom. The fourth-order valence-corrected chi connectivity index (χ4v) is 27.3. The summed E-state index contributed by atoms with van der Waals surface area (Å²) in [5.41, 5.74) is 0. The summed E-state index contributed by atoms with van der Waals surface area (Å²) in [6.07, 6.45) is 12.5. The van der Waals surface area contributed by atoms with Crippen LogP contribution >= 0.6 is 0 Å². The largest absolute Gasteiger partial charge is 0.494 e. The van der Waals surface area contributed by atoms with Gasteiger partial charge in [0, 0.05) is 13.4 Å². The average Bonchev–Trinajstić information content (AvgIpc) is 1.76. The van der Waals surface area contributed by atoms with E-state index in [1.54, 1.807) is 31.4 Å². The molecule has 17 rings (SSSR count). The molecule has 2 fully saturated rings. The molecule has 2 saturated carbocycles. The van der Waals surface area contributed by atoms with Crippen molar-refractivity contribution < 1.29 is 35.8 Å². The van der Waals surface area contributed by atoms with Gasteiger partial charge in [-0.15, -0.1) is 0 Å². The first-order valence-electron chi connectivity index (χ1n) is 42.0. The molecule has 0 aliphatic heterocycles. The van der Waals surface area contributed by atoms with Crippen LogP contribution in [-0.4, -0.2) is 61.4 Å². The summed E-state index contributed by atoms with van der Waals surface area (Å²) >= 11 is 0. The number of ether oxygens (including phenoxy) is 4. The average molecular weight is 1760 g/mol. The number of hydrogen-bond donors (Lipinski definition) is 0. The molecule has 15 aromatic rings. The van der Waals surface area contributed by atoms with Crippen LogP contribution in [0, 0.1) is 0 Å². The van der Waals surface area contributed by atoms with Crippen molar-refractivity contribution >= 4 is 74.1 Å². The minimum atomic E-state index is -3.21. The first-order chi connectivity index (χ1) is 60.4. The van der Waals surface area contributed by atoms with Crippen molar-refractivity contribution in [2.75, 3.05) is 33.2 Å². The van der Waals surface area contributed by atoms with Crippen LogP contribution in [0.4, 0.5) is 0 Å². The van der Waals surface area contributed by atoms with Gasteiger partial charge in [-0.05, 0) is 288 Å². The van der Waals surface area contributed by atoms with Gasteiger partial charge < -0.3 is 18.9 Å². The van der Waals surface area contributed by atoms with Gasteiger partial charge in [-0.3, -0.25) is 0 Å². The zero-order chi connectivity index (χ0) is 85.1. The van der Waals surface area contributed by atoms with E-state index in [1.807, 2.05) is 84.9 Å². The van der Waals surface area contributed by atoms with Crippen LogP contribution in [0.15, 0.2) is 508 Å². The summed E-state index contributed by atoms with van der Waals surface area (Å²) in [6.45, 7) is 4.13. The van der Waals surface area contributed by atoms with Gasteiger partial charge in [-0.25, -0.2) is 16.8 Å². The second-order valence-electron chi connectivity index (χ2n) is 29.3. The van der Waals surface area contributed by atoms with Gasteiger partial charge in [-0.1, -0.05) is 208 Å². The lowest BCUT2D eigenvalue weighted by molar-refractivity contribution is 0.146. The van der Waals surface area contributed by atoms with Crippen molar-refractivity contribution in [3.63, 3.8) is 0 Å². The Morgan fingerprint density at radius 1 is 0.260 bits per heavy atom. The normalized spacial score (nSPS) is 12.7. The Labute approximate surface area is 744 Å². The highest BCUT2D eigenvalue weighted by Crippen LogP contribution is 2.39. The van der Waals surface area contributed by atoms with Gasteiger partial charge in [-0.2, -0.15) is 0 Å². The number of rotatable bonds is 28. The topological polar surface area (TPSA) is 105 Å². The number of unbranched alkanes of at least 4 members (excludes halogenated alkanes) is 1. The van der Waals surface area contributed by atoms with E-state index in [0.29, 0.717) is 29.1 Å². The van der Waals surface area contributed by atoms with E-state index >= 15 is 0 Å². The molecule has 0 spiro atoms. The van der Waals surface area contributed by atoms with Crippen LogP contribution in [0.1, 0.15) is 71.1 Å². The maximum absolute atomic E-state index is 12.9. The second-order valence-corrected chi connectivity index (χ2v) is 43.7. The Hall–Kier alpha value is -10.7. The molecule has 0 unspecified atom stereocenters. The molecular formula is C108H107O8S7+5. The molecule has 0 bridgehead atoms. The summed E-state index contributed by atoms with van der Waals surface area (Å²) in [5.74, 6) is 2.83. The highest BCUT2D eigenvalue weighted by atomic mass is 32.2. The Morgan fingerprint density at radius 3 is 0.724 bits per heavy atom. The molecule has 15 aromatic carbocycles. The Kier molecular flexibility index (Phi) is 34.6. The lowest BCUT2D eigenvalue weighted by atomic mass is 10.3. The van der Waals surface area contributed by atoms with Crippen molar-refractivity contribution in [3.05, 3.63) is 425 Å². The third kappa shape index (κ3) is 26.2. The molecular weight excluding hydrogens is 1650 g/mol. The van der Waals surface area contributed by atoms with Crippen LogP contribution < -0.4 is 14.2 Å². The van der Waals surface area contributed by atoms with Crippen molar-refractivity contribution in [2.45, 2.75) is 166 Å². The van der Waals surface area contributed by atoms with E-state index in [-0.39, 0.29) is 59.7 Å². The third-order valence-electron chi connectivity index (χ3n) is 20.5. The third-order valence-corrected chi connectivity index (χ3v) is 35.1. The van der Waals surface area contributed by atoms with E-state index in [1.165, 1.54) is 95.6 Å². The lowest BCUT2D eigenvalue weighted by Gasteiger charge is -2.13. The molecule has 0 amide bonds. The molecule has 0 heterocycles. The van der Waals surface area contributed by atoms with Gasteiger partial charge in [0.05, 0.1) is 88.8 Å². The molecule has 2 aliphatic carbocycles. The zero-order valence-electron chi connectivity index (χ0n) is 69.9. The highest BCUT2D eigenvalue weighted by Gasteiger charge is 2.36. The molecule has 123 heavy (non-hydrogen) atoms. The first kappa shape index (κ1) is 90.0. The number of hydrogen-bond acceptors (Lipinski definition) is 8. The fourth-order valence-electron chi connectivity index (χ4n) is 14.4. The Bertz CT molecular complexity index is 5430. The molecule has 0 N–H and O–H groups in total. The predicted octanol–water partition coefficient (Wildman–Crippen LogP) is 26.6.